The highest BCUT2D eigenvalue weighted by molar-refractivity contribution is 5.86. The average Bonchev–Trinajstić information content (AvgIpc) is 2.36. The summed E-state index contributed by atoms with van der Waals surface area (Å²) in [6.45, 7) is 4.15. The molecule has 0 aromatic heterocycles. The number of amides is 1. The van der Waals surface area contributed by atoms with E-state index in [1.54, 1.807) is 13.8 Å². The molecule has 0 aromatic rings. The van der Waals surface area contributed by atoms with E-state index in [-0.39, 0.29) is 24.3 Å². The van der Waals surface area contributed by atoms with Gasteiger partial charge in [0.05, 0.1) is 18.1 Å². The van der Waals surface area contributed by atoms with E-state index in [1.165, 1.54) is 0 Å². The van der Waals surface area contributed by atoms with Gasteiger partial charge in [-0.15, -0.1) is 0 Å². The van der Waals surface area contributed by atoms with E-state index < -0.39 is 5.54 Å². The maximum Gasteiger partial charge on any atom is 0.310 e. The van der Waals surface area contributed by atoms with Gasteiger partial charge >= 0.3 is 5.97 Å². The summed E-state index contributed by atoms with van der Waals surface area (Å²) in [5, 5.41) is 2.77. The molecule has 0 bridgehead atoms. The van der Waals surface area contributed by atoms with Crippen LogP contribution in [-0.2, 0) is 14.3 Å². The third kappa shape index (κ3) is 3.98. The zero-order chi connectivity index (χ0) is 13.6. The Morgan fingerprint density at radius 1 is 1.33 bits per heavy atom. The molecule has 3 N–H and O–H groups in total. The van der Waals surface area contributed by atoms with Crippen LogP contribution in [0.2, 0.25) is 0 Å². The van der Waals surface area contributed by atoms with Gasteiger partial charge in [0.25, 0.3) is 0 Å². The maximum atomic E-state index is 12.0. The first-order valence-corrected chi connectivity index (χ1v) is 6.73. The molecule has 5 nitrogen and oxygen atoms in total. The molecule has 1 atom stereocenters. The summed E-state index contributed by atoms with van der Waals surface area (Å²) < 4.78 is 4.89. The lowest BCUT2D eigenvalue weighted by molar-refractivity contribution is -0.147. The van der Waals surface area contributed by atoms with Gasteiger partial charge in [-0.25, -0.2) is 0 Å². The molecule has 104 valence electrons. The highest BCUT2D eigenvalue weighted by Gasteiger charge is 2.35. The third-order valence-electron chi connectivity index (χ3n) is 3.46. The van der Waals surface area contributed by atoms with Crippen molar-refractivity contribution in [3.63, 3.8) is 0 Å². The molecule has 0 heterocycles. The topological polar surface area (TPSA) is 81.4 Å². The molecular weight excluding hydrogens is 232 g/mol. The summed E-state index contributed by atoms with van der Waals surface area (Å²) in [7, 11) is 0. The molecule has 0 radical (unpaired) electrons. The number of hydrogen-bond donors (Lipinski definition) is 2. The van der Waals surface area contributed by atoms with Crippen LogP contribution in [0, 0.1) is 5.92 Å². The van der Waals surface area contributed by atoms with E-state index in [1.807, 2.05) is 0 Å². The number of esters is 1. The van der Waals surface area contributed by atoms with E-state index in [0.29, 0.717) is 6.61 Å². The Morgan fingerprint density at radius 3 is 2.50 bits per heavy atom. The van der Waals surface area contributed by atoms with Crippen LogP contribution < -0.4 is 11.1 Å². The highest BCUT2D eigenvalue weighted by Crippen LogP contribution is 2.25. The first kappa shape index (κ1) is 15.0. The summed E-state index contributed by atoms with van der Waals surface area (Å²) in [6, 6.07) is 0. The van der Waals surface area contributed by atoms with Crippen LogP contribution in [0.1, 0.15) is 46.0 Å². The number of carbonyl (C=O) groups excluding carboxylic acids is 2. The molecule has 1 aliphatic rings. The molecule has 1 fully saturated rings. The lowest BCUT2D eigenvalue weighted by atomic mass is 9.82. The number of hydrogen-bond acceptors (Lipinski definition) is 4. The zero-order valence-electron chi connectivity index (χ0n) is 11.3. The smallest absolute Gasteiger partial charge is 0.310 e. The van der Waals surface area contributed by atoms with Crippen LogP contribution in [0.4, 0.5) is 0 Å². The highest BCUT2D eigenvalue weighted by atomic mass is 16.5. The van der Waals surface area contributed by atoms with Crippen LogP contribution in [0.15, 0.2) is 0 Å². The van der Waals surface area contributed by atoms with Gasteiger partial charge in [0.15, 0.2) is 0 Å². The molecule has 1 saturated carbocycles. The van der Waals surface area contributed by atoms with Crippen molar-refractivity contribution < 1.29 is 14.3 Å². The lowest BCUT2D eigenvalue weighted by Crippen LogP contribution is -2.55. The second-order valence-electron chi connectivity index (χ2n) is 5.08. The molecule has 1 aliphatic carbocycles. The molecule has 1 unspecified atom stereocenters. The molecule has 0 spiro atoms. The molecular formula is C13H24N2O3. The van der Waals surface area contributed by atoms with Gasteiger partial charge in [0.1, 0.15) is 0 Å². The summed E-state index contributed by atoms with van der Waals surface area (Å²) in [4.78, 5) is 23.4. The molecule has 0 saturated heterocycles. The maximum absolute atomic E-state index is 12.0. The number of rotatable bonds is 5. The fourth-order valence-corrected chi connectivity index (χ4v) is 2.20. The van der Waals surface area contributed by atoms with Crippen LogP contribution in [-0.4, -0.2) is 30.6 Å². The Balaban J connectivity index is 2.38. The normalized spacial score (nSPS) is 19.9. The van der Waals surface area contributed by atoms with E-state index in [0.717, 1.165) is 32.1 Å². The summed E-state index contributed by atoms with van der Waals surface area (Å²) >= 11 is 0. The quantitative estimate of drug-likeness (QED) is 0.718. The van der Waals surface area contributed by atoms with Gasteiger partial charge in [-0.2, -0.15) is 0 Å². The Labute approximate surface area is 108 Å². The minimum Gasteiger partial charge on any atom is -0.466 e. The molecule has 18 heavy (non-hydrogen) atoms. The predicted molar refractivity (Wildman–Crippen MR) is 68.8 cm³/mol. The van der Waals surface area contributed by atoms with Crippen molar-refractivity contribution in [3.8, 4) is 0 Å². The van der Waals surface area contributed by atoms with Gasteiger partial charge in [0, 0.05) is 6.54 Å². The number of nitrogens with two attached hydrogens (primary N) is 1. The minimum atomic E-state index is -0.743. The second-order valence-corrected chi connectivity index (χ2v) is 5.08. The Kier molecular flexibility index (Phi) is 5.59. The second kappa shape index (κ2) is 6.73. The van der Waals surface area contributed by atoms with Crippen molar-refractivity contribution >= 4 is 11.9 Å². The largest absolute Gasteiger partial charge is 0.466 e. The van der Waals surface area contributed by atoms with Crippen LogP contribution in [0.5, 0.6) is 0 Å². The van der Waals surface area contributed by atoms with E-state index >= 15 is 0 Å². The number of ether oxygens (including phenoxy) is 1. The average molecular weight is 256 g/mol. The molecule has 0 aromatic carbocycles. The van der Waals surface area contributed by atoms with Crippen molar-refractivity contribution in [1.82, 2.24) is 5.32 Å². The first-order chi connectivity index (χ1) is 8.49. The monoisotopic (exact) mass is 256 g/mol. The van der Waals surface area contributed by atoms with Gasteiger partial charge in [-0.05, 0) is 19.8 Å². The zero-order valence-corrected chi connectivity index (χ0v) is 11.3. The van der Waals surface area contributed by atoms with Gasteiger partial charge in [0.2, 0.25) is 5.91 Å². The Morgan fingerprint density at radius 2 is 1.94 bits per heavy atom. The summed E-state index contributed by atoms with van der Waals surface area (Å²) in [5.74, 6) is -0.757. The Bertz CT molecular complexity index is 299. The molecule has 5 heteroatoms. The van der Waals surface area contributed by atoms with Gasteiger partial charge in [-0.1, -0.05) is 26.2 Å². The SMILES string of the molecule is CCOC(=O)C(C)CNC(=O)C1(N)CCCCC1. The standard InChI is InChI=1S/C13H24N2O3/c1-3-18-11(16)10(2)9-15-12(17)13(14)7-5-4-6-8-13/h10H,3-9,14H2,1-2H3,(H,15,17). The van der Waals surface area contributed by atoms with Crippen molar-refractivity contribution in [2.45, 2.75) is 51.5 Å². The number of nitrogens with one attached hydrogen (secondary N) is 1. The van der Waals surface area contributed by atoms with Gasteiger partial charge < -0.3 is 15.8 Å². The van der Waals surface area contributed by atoms with Crippen molar-refractivity contribution in [2.75, 3.05) is 13.2 Å². The van der Waals surface area contributed by atoms with Crippen molar-refractivity contribution in [2.24, 2.45) is 11.7 Å². The van der Waals surface area contributed by atoms with E-state index in [9.17, 15) is 9.59 Å². The summed E-state index contributed by atoms with van der Waals surface area (Å²) in [5.41, 5.74) is 5.35. The third-order valence-corrected chi connectivity index (χ3v) is 3.46. The minimum absolute atomic E-state index is 0.140. The lowest BCUT2D eigenvalue weighted by Gasteiger charge is -2.32. The molecule has 1 amide bonds. The van der Waals surface area contributed by atoms with E-state index in [4.69, 9.17) is 10.5 Å². The fourth-order valence-electron chi connectivity index (χ4n) is 2.20. The van der Waals surface area contributed by atoms with Crippen molar-refractivity contribution in [3.05, 3.63) is 0 Å². The number of carbonyl (C=O) groups is 2. The van der Waals surface area contributed by atoms with Crippen LogP contribution >= 0.6 is 0 Å². The van der Waals surface area contributed by atoms with E-state index in [2.05, 4.69) is 5.32 Å². The Hall–Kier alpha value is -1.10. The van der Waals surface area contributed by atoms with Gasteiger partial charge in [-0.3, -0.25) is 9.59 Å². The molecule has 1 rings (SSSR count). The van der Waals surface area contributed by atoms with Crippen LogP contribution in [0.3, 0.4) is 0 Å². The summed E-state index contributed by atoms with van der Waals surface area (Å²) in [6.07, 6.45) is 4.60. The fraction of sp³-hybridized carbons (Fsp3) is 0.846. The predicted octanol–water partition coefficient (Wildman–Crippen LogP) is 0.963. The van der Waals surface area contributed by atoms with Crippen molar-refractivity contribution in [1.29, 1.82) is 0 Å². The van der Waals surface area contributed by atoms with Crippen LogP contribution in [0.25, 0.3) is 0 Å². The first-order valence-electron chi connectivity index (χ1n) is 6.73. The molecule has 0 aliphatic heterocycles.